The number of rotatable bonds is 7. The summed E-state index contributed by atoms with van der Waals surface area (Å²) in [5, 5.41) is 2.60. The molecule has 1 aromatic rings. The van der Waals surface area contributed by atoms with Gasteiger partial charge in [-0.25, -0.2) is 0 Å². The molecule has 0 aromatic heterocycles. The SMILES string of the molecule is CC(=O)Nc1ccc(C(=O)[C@H](C)OC(=O)CCN2C(=O)[C@H]3CC=CC[C@@H]3C2=O)cc1. The van der Waals surface area contributed by atoms with E-state index in [2.05, 4.69) is 5.32 Å². The van der Waals surface area contributed by atoms with Crippen molar-refractivity contribution in [2.24, 2.45) is 11.8 Å². The first-order valence-corrected chi connectivity index (χ1v) is 9.89. The molecule has 8 heteroatoms. The lowest BCUT2D eigenvalue weighted by Gasteiger charge is -2.16. The number of ether oxygens (including phenoxy) is 1. The van der Waals surface area contributed by atoms with E-state index in [9.17, 15) is 24.0 Å². The number of imide groups is 1. The molecule has 0 unspecified atom stereocenters. The van der Waals surface area contributed by atoms with Gasteiger partial charge >= 0.3 is 5.97 Å². The van der Waals surface area contributed by atoms with Crippen LogP contribution in [0.4, 0.5) is 5.69 Å². The predicted molar refractivity (Wildman–Crippen MR) is 107 cm³/mol. The van der Waals surface area contributed by atoms with E-state index in [0.717, 1.165) is 4.90 Å². The van der Waals surface area contributed by atoms with Crippen molar-refractivity contribution in [1.29, 1.82) is 0 Å². The lowest BCUT2D eigenvalue weighted by Crippen LogP contribution is -2.34. The topological polar surface area (TPSA) is 110 Å². The highest BCUT2D eigenvalue weighted by Gasteiger charge is 2.47. The van der Waals surface area contributed by atoms with Crippen molar-refractivity contribution in [2.75, 3.05) is 11.9 Å². The van der Waals surface area contributed by atoms with E-state index in [1.165, 1.54) is 26.0 Å². The number of hydrogen-bond acceptors (Lipinski definition) is 6. The highest BCUT2D eigenvalue weighted by molar-refractivity contribution is 6.05. The van der Waals surface area contributed by atoms with Gasteiger partial charge in [0.05, 0.1) is 18.3 Å². The van der Waals surface area contributed by atoms with E-state index in [-0.39, 0.29) is 48.3 Å². The zero-order valence-electron chi connectivity index (χ0n) is 16.9. The van der Waals surface area contributed by atoms with Gasteiger partial charge < -0.3 is 10.1 Å². The van der Waals surface area contributed by atoms with Crippen LogP contribution in [0.5, 0.6) is 0 Å². The molecule has 1 aromatic carbocycles. The molecule has 1 aliphatic heterocycles. The second-order valence-corrected chi connectivity index (χ2v) is 7.49. The Morgan fingerprint density at radius 3 is 2.17 bits per heavy atom. The fraction of sp³-hybridized carbons (Fsp3) is 0.409. The number of benzene rings is 1. The molecular weight excluding hydrogens is 388 g/mol. The summed E-state index contributed by atoms with van der Waals surface area (Å²) in [6.45, 7) is 2.80. The highest BCUT2D eigenvalue weighted by Crippen LogP contribution is 2.35. The molecule has 3 amide bonds. The maximum atomic E-state index is 12.5. The highest BCUT2D eigenvalue weighted by atomic mass is 16.5. The third-order valence-electron chi connectivity index (χ3n) is 5.31. The molecule has 8 nitrogen and oxygen atoms in total. The molecule has 3 atom stereocenters. The number of anilines is 1. The molecule has 1 aliphatic carbocycles. The number of nitrogens with zero attached hydrogens (tertiary/aromatic N) is 1. The standard InChI is InChI=1S/C22H24N2O6/c1-13(20(27)15-7-9-16(10-8-15)23-14(2)25)30-19(26)11-12-24-21(28)17-5-3-4-6-18(17)22(24)29/h3-4,7-10,13,17-18H,5-6,11-12H2,1-2H3,(H,23,25)/t13-,17-,18-/m0/s1. The number of ketones is 1. The molecule has 3 rings (SSSR count). The van der Waals surface area contributed by atoms with Crippen molar-refractivity contribution in [2.45, 2.75) is 39.2 Å². The Morgan fingerprint density at radius 1 is 1.07 bits per heavy atom. The van der Waals surface area contributed by atoms with Gasteiger partial charge in [-0.05, 0) is 44.0 Å². The summed E-state index contributed by atoms with van der Waals surface area (Å²) in [6, 6.07) is 6.24. The van der Waals surface area contributed by atoms with Gasteiger partial charge in [0.1, 0.15) is 0 Å². The molecule has 1 N–H and O–H groups in total. The Balaban J connectivity index is 1.51. The van der Waals surface area contributed by atoms with Crippen LogP contribution in [0.2, 0.25) is 0 Å². The van der Waals surface area contributed by atoms with Crippen LogP contribution in [-0.4, -0.2) is 47.0 Å². The molecule has 1 saturated heterocycles. The summed E-state index contributed by atoms with van der Waals surface area (Å²) in [5.41, 5.74) is 0.894. The van der Waals surface area contributed by atoms with Gasteiger partial charge in [-0.15, -0.1) is 0 Å². The smallest absolute Gasteiger partial charge is 0.308 e. The van der Waals surface area contributed by atoms with Gasteiger partial charge in [0, 0.05) is 24.7 Å². The molecule has 0 saturated carbocycles. The first-order chi connectivity index (χ1) is 14.3. The minimum absolute atomic E-state index is 0.0458. The van der Waals surface area contributed by atoms with Crippen molar-refractivity contribution in [3.8, 4) is 0 Å². The average Bonchev–Trinajstić information content (AvgIpc) is 2.96. The Labute approximate surface area is 174 Å². The van der Waals surface area contributed by atoms with Crippen LogP contribution < -0.4 is 5.32 Å². The Hall–Kier alpha value is -3.29. The molecular formula is C22H24N2O6. The van der Waals surface area contributed by atoms with Crippen LogP contribution in [0.25, 0.3) is 0 Å². The minimum Gasteiger partial charge on any atom is -0.454 e. The molecule has 158 valence electrons. The Bertz CT molecular complexity index is 879. The van der Waals surface area contributed by atoms with E-state index in [0.29, 0.717) is 24.1 Å². The third-order valence-corrected chi connectivity index (χ3v) is 5.31. The number of hydrogen-bond donors (Lipinski definition) is 1. The summed E-state index contributed by atoms with van der Waals surface area (Å²) >= 11 is 0. The lowest BCUT2D eigenvalue weighted by atomic mass is 9.85. The van der Waals surface area contributed by atoms with Gasteiger partial charge in [0.2, 0.25) is 23.5 Å². The fourth-order valence-electron chi connectivity index (χ4n) is 3.76. The summed E-state index contributed by atoms with van der Waals surface area (Å²) in [4.78, 5) is 61.6. The predicted octanol–water partition coefficient (Wildman–Crippen LogP) is 2.10. The summed E-state index contributed by atoms with van der Waals surface area (Å²) in [7, 11) is 0. The van der Waals surface area contributed by atoms with E-state index in [4.69, 9.17) is 4.74 Å². The van der Waals surface area contributed by atoms with Crippen LogP contribution in [-0.2, 0) is 23.9 Å². The van der Waals surface area contributed by atoms with Gasteiger partial charge in [-0.2, -0.15) is 0 Å². The average molecular weight is 412 g/mol. The first kappa shape index (κ1) is 21.4. The first-order valence-electron chi connectivity index (χ1n) is 9.89. The number of likely N-dealkylation sites (tertiary alicyclic amines) is 1. The number of esters is 1. The minimum atomic E-state index is -1.01. The number of carbonyl (C=O) groups excluding carboxylic acids is 5. The molecule has 0 bridgehead atoms. The van der Waals surface area contributed by atoms with Gasteiger partial charge in [0.15, 0.2) is 6.10 Å². The van der Waals surface area contributed by atoms with Crippen LogP contribution in [0, 0.1) is 11.8 Å². The lowest BCUT2D eigenvalue weighted by molar-refractivity contribution is -0.148. The zero-order valence-corrected chi connectivity index (χ0v) is 16.9. The van der Waals surface area contributed by atoms with Crippen molar-refractivity contribution in [1.82, 2.24) is 4.90 Å². The van der Waals surface area contributed by atoms with E-state index in [1.54, 1.807) is 12.1 Å². The normalized spacial score (nSPS) is 21.2. The molecule has 0 radical (unpaired) electrons. The number of allylic oxidation sites excluding steroid dienone is 2. The quantitative estimate of drug-likeness (QED) is 0.318. The Morgan fingerprint density at radius 2 is 1.63 bits per heavy atom. The maximum Gasteiger partial charge on any atom is 0.308 e. The molecule has 1 heterocycles. The van der Waals surface area contributed by atoms with E-state index in [1.807, 2.05) is 12.2 Å². The van der Waals surface area contributed by atoms with Crippen molar-refractivity contribution < 1.29 is 28.7 Å². The third kappa shape index (κ3) is 4.64. The molecule has 30 heavy (non-hydrogen) atoms. The number of carbonyl (C=O) groups is 5. The maximum absolute atomic E-state index is 12.5. The molecule has 1 fully saturated rings. The van der Waals surface area contributed by atoms with Gasteiger partial charge in [0.25, 0.3) is 0 Å². The number of fused-ring (bicyclic) bond motifs is 1. The fourth-order valence-corrected chi connectivity index (χ4v) is 3.76. The van der Waals surface area contributed by atoms with Crippen LogP contribution in [0.3, 0.4) is 0 Å². The molecule has 0 spiro atoms. The van der Waals surface area contributed by atoms with Crippen molar-refractivity contribution >= 4 is 35.2 Å². The number of Topliss-reactive ketones (excluding diaryl/α,β-unsaturated/α-hetero) is 1. The van der Waals surface area contributed by atoms with Crippen LogP contribution in [0.1, 0.15) is 43.5 Å². The largest absolute Gasteiger partial charge is 0.454 e. The molecule has 2 aliphatic rings. The van der Waals surface area contributed by atoms with E-state index >= 15 is 0 Å². The van der Waals surface area contributed by atoms with Gasteiger partial charge in [-0.3, -0.25) is 28.9 Å². The van der Waals surface area contributed by atoms with Crippen LogP contribution >= 0.6 is 0 Å². The van der Waals surface area contributed by atoms with Crippen molar-refractivity contribution in [3.63, 3.8) is 0 Å². The van der Waals surface area contributed by atoms with Gasteiger partial charge in [-0.1, -0.05) is 12.2 Å². The summed E-state index contributed by atoms with van der Waals surface area (Å²) < 4.78 is 5.19. The zero-order chi connectivity index (χ0) is 21.8. The summed E-state index contributed by atoms with van der Waals surface area (Å²) in [6.07, 6.45) is 3.72. The number of amides is 3. The van der Waals surface area contributed by atoms with Crippen LogP contribution in [0.15, 0.2) is 36.4 Å². The summed E-state index contributed by atoms with van der Waals surface area (Å²) in [5.74, 6) is -2.42. The van der Waals surface area contributed by atoms with Crippen molar-refractivity contribution in [3.05, 3.63) is 42.0 Å². The number of nitrogens with one attached hydrogen (secondary N) is 1. The Kier molecular flexibility index (Phi) is 6.44. The second kappa shape index (κ2) is 9.02. The second-order valence-electron chi connectivity index (χ2n) is 7.49. The monoisotopic (exact) mass is 412 g/mol. The van der Waals surface area contributed by atoms with E-state index < -0.39 is 12.1 Å².